The van der Waals surface area contributed by atoms with E-state index in [-0.39, 0.29) is 5.03 Å². The fourth-order valence-electron chi connectivity index (χ4n) is 4.35. The van der Waals surface area contributed by atoms with E-state index < -0.39 is 15.0 Å². The first-order valence-electron chi connectivity index (χ1n) is 9.27. The van der Waals surface area contributed by atoms with Gasteiger partial charge < -0.3 is 10.7 Å². The number of hydrogen-bond donors (Lipinski definition) is 3. The highest BCUT2D eigenvalue weighted by Gasteiger charge is 2.49. The van der Waals surface area contributed by atoms with Crippen LogP contribution in [0.3, 0.4) is 0 Å². The van der Waals surface area contributed by atoms with Crippen LogP contribution in [0.4, 0.5) is 5.69 Å². The van der Waals surface area contributed by atoms with Gasteiger partial charge in [0.25, 0.3) is 9.84 Å². The molecule has 0 spiro atoms. The molecule has 0 radical (unpaired) electrons. The second-order valence-corrected chi connectivity index (χ2v) is 9.22. The van der Waals surface area contributed by atoms with Crippen LogP contribution in [-0.2, 0) is 35.5 Å². The van der Waals surface area contributed by atoms with Gasteiger partial charge in [-0.15, -0.1) is 0 Å². The molecule has 0 bridgehead atoms. The number of hydrogen-bond acceptors (Lipinski definition) is 7. The lowest BCUT2D eigenvalue weighted by molar-refractivity contribution is 0.484. The lowest BCUT2D eigenvalue weighted by atomic mass is 9.99. The maximum absolute atomic E-state index is 13.4. The normalized spacial score (nSPS) is 23.1. The average molecular weight is 383 g/mol. The Morgan fingerprint density at radius 3 is 2.37 bits per heavy atom. The first kappa shape index (κ1) is 16.7. The van der Waals surface area contributed by atoms with Crippen LogP contribution in [-0.4, -0.2) is 24.9 Å². The number of nitrogens with zero attached hydrogens (tertiary/aromatic N) is 2. The van der Waals surface area contributed by atoms with E-state index in [1.165, 1.54) is 40.9 Å². The Bertz CT molecular complexity index is 1000. The van der Waals surface area contributed by atoms with E-state index in [1.54, 1.807) is 12.1 Å². The minimum atomic E-state index is -3.93. The van der Waals surface area contributed by atoms with Crippen molar-refractivity contribution in [3.05, 3.63) is 52.7 Å². The minimum absolute atomic E-state index is 0.0185. The van der Waals surface area contributed by atoms with Crippen molar-refractivity contribution in [3.8, 4) is 0 Å². The van der Waals surface area contributed by atoms with E-state index in [1.807, 2.05) is 0 Å². The summed E-state index contributed by atoms with van der Waals surface area (Å²) >= 11 is 0. The fourth-order valence-corrected chi connectivity index (χ4v) is 5.73. The number of aryl methyl sites for hydroxylation is 2. The van der Waals surface area contributed by atoms with Crippen LogP contribution >= 0.6 is 0 Å². The molecule has 0 saturated heterocycles. The smallest absolute Gasteiger partial charge is 0.314 e. The van der Waals surface area contributed by atoms with E-state index >= 15 is 0 Å². The highest BCUT2D eigenvalue weighted by atomic mass is 32.2. The average Bonchev–Trinajstić information content (AvgIpc) is 3.43. The molecule has 27 heavy (non-hydrogen) atoms. The first-order chi connectivity index (χ1) is 13.1. The number of hydrazine groups is 1. The Balaban J connectivity index is 1.65. The van der Waals surface area contributed by atoms with E-state index in [0.29, 0.717) is 0 Å². The van der Waals surface area contributed by atoms with Gasteiger partial charge >= 0.3 is 5.12 Å². The Morgan fingerprint density at radius 2 is 1.78 bits per heavy atom. The van der Waals surface area contributed by atoms with Crippen molar-refractivity contribution in [1.29, 1.82) is 0 Å². The number of pyridine rings is 1. The van der Waals surface area contributed by atoms with E-state index in [2.05, 4.69) is 32.2 Å². The zero-order valence-electron chi connectivity index (χ0n) is 14.8. The maximum atomic E-state index is 13.4. The summed E-state index contributed by atoms with van der Waals surface area (Å²) in [6.45, 7) is 0. The van der Waals surface area contributed by atoms with Crippen molar-refractivity contribution in [3.63, 3.8) is 0 Å². The van der Waals surface area contributed by atoms with Gasteiger partial charge in [0.1, 0.15) is 6.34 Å². The topological polar surface area (TPSA) is 95.5 Å². The zero-order chi connectivity index (χ0) is 18.5. The minimum Gasteiger partial charge on any atom is -0.334 e. The second-order valence-electron chi connectivity index (χ2n) is 7.20. The summed E-state index contributed by atoms with van der Waals surface area (Å²) in [6.07, 6.45) is 9.06. The van der Waals surface area contributed by atoms with E-state index in [9.17, 15) is 8.42 Å². The van der Waals surface area contributed by atoms with Gasteiger partial charge in [0.05, 0.1) is 0 Å². The molecule has 2 aromatic rings. The van der Waals surface area contributed by atoms with Gasteiger partial charge in [-0.1, -0.05) is 12.1 Å². The van der Waals surface area contributed by atoms with Gasteiger partial charge in [0.15, 0.2) is 5.03 Å². The first-order valence-corrected chi connectivity index (χ1v) is 10.8. The fraction of sp³-hybridized carbons (Fsp3) is 0.368. The summed E-state index contributed by atoms with van der Waals surface area (Å²) in [4.78, 5) is 8.33. The quantitative estimate of drug-likeness (QED) is 0.744. The van der Waals surface area contributed by atoms with Crippen LogP contribution < -0.4 is 16.2 Å². The van der Waals surface area contributed by atoms with Crippen LogP contribution in [0.1, 0.15) is 35.1 Å². The molecule has 1 aromatic heterocycles. The van der Waals surface area contributed by atoms with Crippen LogP contribution in [0.2, 0.25) is 0 Å². The van der Waals surface area contributed by atoms with Crippen molar-refractivity contribution in [1.82, 2.24) is 15.8 Å². The van der Waals surface area contributed by atoms with Crippen LogP contribution in [0.25, 0.3) is 0 Å². The third kappa shape index (κ3) is 2.47. The maximum Gasteiger partial charge on any atom is 0.314 e. The van der Waals surface area contributed by atoms with Crippen molar-refractivity contribution < 1.29 is 8.42 Å². The Kier molecular flexibility index (Phi) is 3.73. The van der Waals surface area contributed by atoms with Crippen molar-refractivity contribution in [2.24, 2.45) is 4.99 Å². The molecule has 2 aliphatic carbocycles. The highest BCUT2D eigenvalue weighted by Crippen LogP contribution is 2.41. The number of sulfone groups is 1. The number of rotatable bonds is 4. The molecular weight excluding hydrogens is 362 g/mol. The summed E-state index contributed by atoms with van der Waals surface area (Å²) in [7, 11) is -3.93. The zero-order valence-corrected chi connectivity index (χ0v) is 15.6. The lowest BCUT2D eigenvalue weighted by Crippen LogP contribution is -2.57. The summed E-state index contributed by atoms with van der Waals surface area (Å²) in [5, 5.41) is 1.56. The molecule has 5 rings (SSSR count). The number of nitrogens with one attached hydrogen (secondary N) is 3. The monoisotopic (exact) mass is 383 g/mol. The Hall–Kier alpha value is -2.45. The number of aliphatic imine (C=N–C) groups is 1. The second kappa shape index (κ2) is 6.03. The van der Waals surface area contributed by atoms with Gasteiger partial charge in [0, 0.05) is 11.9 Å². The van der Waals surface area contributed by atoms with E-state index in [0.717, 1.165) is 44.2 Å². The Labute approximate surface area is 158 Å². The summed E-state index contributed by atoms with van der Waals surface area (Å²) in [5.74, 6) is 0. The molecule has 3 aliphatic rings. The van der Waals surface area contributed by atoms with Gasteiger partial charge in [-0.05, 0) is 72.9 Å². The molecule has 1 unspecified atom stereocenters. The number of fused-ring (bicyclic) bond motifs is 2. The molecule has 1 atom stereocenters. The number of anilines is 1. The third-order valence-corrected chi connectivity index (χ3v) is 7.50. The summed E-state index contributed by atoms with van der Waals surface area (Å²) < 4.78 is 26.8. The van der Waals surface area contributed by atoms with Crippen molar-refractivity contribution in [2.45, 2.75) is 48.7 Å². The molecule has 2 heterocycles. The number of benzene rings is 1. The molecule has 0 saturated carbocycles. The van der Waals surface area contributed by atoms with Crippen molar-refractivity contribution in [2.75, 3.05) is 5.32 Å². The molecule has 1 aliphatic heterocycles. The van der Waals surface area contributed by atoms with Crippen LogP contribution in [0.5, 0.6) is 0 Å². The summed E-state index contributed by atoms with van der Waals surface area (Å²) in [6, 6.07) is 7.17. The molecule has 140 valence electrons. The van der Waals surface area contributed by atoms with E-state index in [4.69, 9.17) is 0 Å². The van der Waals surface area contributed by atoms with Gasteiger partial charge in [-0.2, -0.15) is 5.43 Å². The van der Waals surface area contributed by atoms with Gasteiger partial charge in [-0.3, -0.25) is 0 Å². The molecule has 0 fully saturated rings. The summed E-state index contributed by atoms with van der Waals surface area (Å²) in [5.41, 5.74) is 11.6. The molecule has 1 aromatic carbocycles. The lowest BCUT2D eigenvalue weighted by Gasteiger charge is -2.30. The van der Waals surface area contributed by atoms with Crippen molar-refractivity contribution >= 4 is 21.9 Å². The molecule has 0 amide bonds. The largest absolute Gasteiger partial charge is 0.334 e. The predicted molar refractivity (Wildman–Crippen MR) is 103 cm³/mol. The van der Waals surface area contributed by atoms with Gasteiger partial charge in [-0.25, -0.2) is 18.4 Å². The predicted octanol–water partition coefficient (Wildman–Crippen LogP) is 1.69. The molecule has 8 heteroatoms. The Morgan fingerprint density at radius 1 is 1.04 bits per heavy atom. The standard InChI is InChI=1S/C19H21N5O2S/c25-27(26,17-9-1-2-10-20-17)19(21-12-22-24-19)23-18-15-7-3-5-13(15)11-14-6-4-8-16(14)18/h1-2,9-12,23-24H,3-8H2,(H,21,22). The SMILES string of the molecule is O=S(=O)(c1ccccn1)C1(Nc2c3c(cc4c2CCC4)CCC3)N=CNN1. The highest BCUT2D eigenvalue weighted by molar-refractivity contribution is 7.92. The van der Waals surface area contributed by atoms with Crippen LogP contribution in [0.15, 0.2) is 40.5 Å². The third-order valence-electron chi connectivity index (χ3n) is 5.62. The molecular formula is C19H21N5O2S. The molecule has 3 N–H and O–H groups in total. The van der Waals surface area contributed by atoms with Crippen LogP contribution in [0, 0.1) is 0 Å². The number of aromatic nitrogens is 1. The van der Waals surface area contributed by atoms with Gasteiger partial charge in [0.2, 0.25) is 0 Å². The molecule has 7 nitrogen and oxygen atoms in total.